The van der Waals surface area contributed by atoms with Crippen LogP contribution in [0.2, 0.25) is 5.02 Å². The van der Waals surface area contributed by atoms with Crippen molar-refractivity contribution in [1.29, 1.82) is 0 Å². The summed E-state index contributed by atoms with van der Waals surface area (Å²) >= 11 is 6.05. The number of carbonyl (C=O) groups excluding carboxylic acids is 1. The van der Waals surface area contributed by atoms with Crippen molar-refractivity contribution < 1.29 is 14.3 Å². The molecular formula is C19H21ClN2O3. The van der Waals surface area contributed by atoms with Crippen molar-refractivity contribution in [2.45, 2.75) is 25.6 Å². The summed E-state index contributed by atoms with van der Waals surface area (Å²) in [4.78, 5) is 18.9. The highest BCUT2D eigenvalue weighted by atomic mass is 35.5. The molecule has 1 atom stereocenters. The number of methoxy groups -OCH3 is 1. The summed E-state index contributed by atoms with van der Waals surface area (Å²) in [5.41, 5.74) is 1.38. The van der Waals surface area contributed by atoms with Gasteiger partial charge in [-0.2, -0.15) is 0 Å². The first-order chi connectivity index (χ1) is 12.2. The molecule has 0 bridgehead atoms. The molecule has 25 heavy (non-hydrogen) atoms. The lowest BCUT2D eigenvalue weighted by molar-refractivity contribution is -0.00792. The van der Waals surface area contributed by atoms with E-state index in [1.54, 1.807) is 36.4 Å². The summed E-state index contributed by atoms with van der Waals surface area (Å²) in [5, 5.41) is 0.518. The van der Waals surface area contributed by atoms with Gasteiger partial charge in [-0.3, -0.25) is 9.78 Å². The van der Waals surface area contributed by atoms with E-state index in [-0.39, 0.29) is 12.0 Å². The fourth-order valence-electron chi connectivity index (χ4n) is 2.96. The topological polar surface area (TPSA) is 51.7 Å². The first kappa shape index (κ1) is 17.7. The Morgan fingerprint density at radius 3 is 3.00 bits per heavy atom. The van der Waals surface area contributed by atoms with E-state index in [0.29, 0.717) is 36.0 Å². The van der Waals surface area contributed by atoms with Gasteiger partial charge in [0.15, 0.2) is 0 Å². The van der Waals surface area contributed by atoms with E-state index in [4.69, 9.17) is 21.1 Å². The molecule has 1 saturated heterocycles. The van der Waals surface area contributed by atoms with Crippen LogP contribution in [0.15, 0.2) is 42.6 Å². The molecule has 132 valence electrons. The second-order valence-corrected chi connectivity index (χ2v) is 6.43. The van der Waals surface area contributed by atoms with Gasteiger partial charge in [0.1, 0.15) is 5.75 Å². The van der Waals surface area contributed by atoms with Crippen molar-refractivity contribution in [3.8, 4) is 5.75 Å². The number of pyridine rings is 1. The Kier molecular flexibility index (Phi) is 5.89. The van der Waals surface area contributed by atoms with Crippen LogP contribution in [0.3, 0.4) is 0 Å². The van der Waals surface area contributed by atoms with E-state index in [9.17, 15) is 4.79 Å². The number of hydrogen-bond donors (Lipinski definition) is 0. The summed E-state index contributed by atoms with van der Waals surface area (Å²) in [6.45, 7) is 1.72. The summed E-state index contributed by atoms with van der Waals surface area (Å²) in [6, 6.07) is 10.8. The molecule has 2 aromatic rings. The third-order valence-corrected chi connectivity index (χ3v) is 4.49. The Morgan fingerprint density at radius 2 is 2.24 bits per heavy atom. The number of halogens is 1. The van der Waals surface area contributed by atoms with E-state index in [1.165, 1.54) is 0 Å². The van der Waals surface area contributed by atoms with Gasteiger partial charge in [-0.25, -0.2) is 0 Å². The quantitative estimate of drug-likeness (QED) is 0.818. The van der Waals surface area contributed by atoms with Gasteiger partial charge in [0.2, 0.25) is 0 Å². The molecule has 1 amide bonds. The van der Waals surface area contributed by atoms with Crippen molar-refractivity contribution in [1.82, 2.24) is 9.88 Å². The highest BCUT2D eigenvalue weighted by Gasteiger charge is 2.27. The molecule has 0 spiro atoms. The number of nitrogens with zero attached hydrogens (tertiary/aromatic N) is 2. The van der Waals surface area contributed by atoms with Gasteiger partial charge in [0, 0.05) is 24.3 Å². The second-order valence-electron chi connectivity index (χ2n) is 5.99. The molecule has 6 heteroatoms. The largest absolute Gasteiger partial charge is 0.496 e. The zero-order chi connectivity index (χ0) is 17.6. The van der Waals surface area contributed by atoms with Crippen molar-refractivity contribution in [3.63, 3.8) is 0 Å². The number of piperidine rings is 1. The molecule has 0 radical (unpaired) electrons. The van der Waals surface area contributed by atoms with Crippen LogP contribution in [0.5, 0.6) is 5.75 Å². The Labute approximate surface area is 152 Å². The molecule has 5 nitrogen and oxygen atoms in total. The molecule has 3 rings (SSSR count). The van der Waals surface area contributed by atoms with E-state index >= 15 is 0 Å². The average molecular weight is 361 g/mol. The fourth-order valence-corrected chi connectivity index (χ4v) is 3.14. The number of amides is 1. The molecular weight excluding hydrogens is 340 g/mol. The first-order valence-corrected chi connectivity index (χ1v) is 8.69. The van der Waals surface area contributed by atoms with Gasteiger partial charge in [-0.15, -0.1) is 0 Å². The number of likely N-dealkylation sites (tertiary alicyclic amines) is 1. The van der Waals surface area contributed by atoms with Crippen LogP contribution in [0.4, 0.5) is 0 Å². The highest BCUT2D eigenvalue weighted by molar-refractivity contribution is 6.31. The Bertz CT molecular complexity index is 724. The van der Waals surface area contributed by atoms with Gasteiger partial charge in [0.25, 0.3) is 5.91 Å². The van der Waals surface area contributed by atoms with Crippen molar-refractivity contribution in [2.24, 2.45) is 0 Å². The maximum atomic E-state index is 12.9. The highest BCUT2D eigenvalue weighted by Crippen LogP contribution is 2.26. The normalized spacial score (nSPS) is 17.4. The van der Waals surface area contributed by atoms with E-state index < -0.39 is 0 Å². The Morgan fingerprint density at radius 1 is 1.36 bits per heavy atom. The average Bonchev–Trinajstić information content (AvgIpc) is 2.67. The van der Waals surface area contributed by atoms with Crippen LogP contribution in [0.25, 0.3) is 0 Å². The minimum Gasteiger partial charge on any atom is -0.496 e. The standard InChI is InChI=1S/C19H21ClN2O3/c1-24-18-8-7-14(20)11-17(18)19(23)22-10-4-6-16(12-22)25-13-15-5-2-3-9-21-15/h2-3,5,7-9,11,16H,4,6,10,12-13H2,1H3. The van der Waals surface area contributed by atoms with Crippen LogP contribution in [0.1, 0.15) is 28.9 Å². The third-order valence-electron chi connectivity index (χ3n) is 4.25. The molecule has 1 unspecified atom stereocenters. The number of carbonyl (C=O) groups is 1. The van der Waals surface area contributed by atoms with Gasteiger partial charge < -0.3 is 14.4 Å². The fraction of sp³-hybridized carbons (Fsp3) is 0.368. The number of rotatable bonds is 5. The molecule has 1 aromatic carbocycles. The summed E-state index contributed by atoms with van der Waals surface area (Å²) in [5.74, 6) is 0.455. The molecule has 1 aromatic heterocycles. The SMILES string of the molecule is COc1ccc(Cl)cc1C(=O)N1CCCC(OCc2ccccn2)C1. The lowest BCUT2D eigenvalue weighted by atomic mass is 10.1. The van der Waals surface area contributed by atoms with Crippen LogP contribution >= 0.6 is 11.6 Å². The summed E-state index contributed by atoms with van der Waals surface area (Å²) in [7, 11) is 1.55. The number of benzene rings is 1. The number of ether oxygens (including phenoxy) is 2. The third kappa shape index (κ3) is 4.50. The van der Waals surface area contributed by atoms with Gasteiger partial charge in [0.05, 0.1) is 31.1 Å². The summed E-state index contributed by atoms with van der Waals surface area (Å²) in [6.07, 6.45) is 3.59. The minimum absolute atomic E-state index is 0.00452. The van der Waals surface area contributed by atoms with Crippen molar-refractivity contribution in [3.05, 3.63) is 58.9 Å². The predicted molar refractivity (Wildman–Crippen MR) is 96.0 cm³/mol. The van der Waals surface area contributed by atoms with Gasteiger partial charge in [-0.05, 0) is 43.2 Å². The Hall–Kier alpha value is -2.11. The zero-order valence-corrected chi connectivity index (χ0v) is 14.9. The zero-order valence-electron chi connectivity index (χ0n) is 14.2. The van der Waals surface area contributed by atoms with Gasteiger partial charge >= 0.3 is 0 Å². The van der Waals surface area contributed by atoms with Crippen LogP contribution in [-0.2, 0) is 11.3 Å². The number of hydrogen-bond acceptors (Lipinski definition) is 4. The predicted octanol–water partition coefficient (Wildman–Crippen LogP) is 3.57. The maximum Gasteiger partial charge on any atom is 0.257 e. The van der Waals surface area contributed by atoms with Crippen molar-refractivity contribution in [2.75, 3.05) is 20.2 Å². The molecule has 1 aliphatic heterocycles. The maximum absolute atomic E-state index is 12.9. The van der Waals surface area contributed by atoms with Crippen LogP contribution in [-0.4, -0.2) is 42.1 Å². The van der Waals surface area contributed by atoms with E-state index in [1.807, 2.05) is 18.2 Å². The molecule has 1 fully saturated rings. The Balaban J connectivity index is 1.64. The second kappa shape index (κ2) is 8.32. The number of aromatic nitrogens is 1. The minimum atomic E-state index is -0.0783. The molecule has 1 aliphatic rings. The van der Waals surface area contributed by atoms with E-state index in [2.05, 4.69) is 4.98 Å². The lowest BCUT2D eigenvalue weighted by Gasteiger charge is -2.33. The van der Waals surface area contributed by atoms with Crippen molar-refractivity contribution >= 4 is 17.5 Å². The van der Waals surface area contributed by atoms with Crippen LogP contribution < -0.4 is 4.74 Å². The first-order valence-electron chi connectivity index (χ1n) is 8.31. The van der Waals surface area contributed by atoms with E-state index in [0.717, 1.165) is 18.5 Å². The summed E-state index contributed by atoms with van der Waals surface area (Å²) < 4.78 is 11.3. The smallest absolute Gasteiger partial charge is 0.257 e. The monoisotopic (exact) mass is 360 g/mol. The molecule has 0 N–H and O–H groups in total. The lowest BCUT2D eigenvalue weighted by Crippen LogP contribution is -2.43. The molecule has 2 heterocycles. The van der Waals surface area contributed by atoms with Crippen LogP contribution in [0, 0.1) is 0 Å². The molecule has 0 saturated carbocycles. The molecule has 0 aliphatic carbocycles. The van der Waals surface area contributed by atoms with Gasteiger partial charge in [-0.1, -0.05) is 17.7 Å².